The summed E-state index contributed by atoms with van der Waals surface area (Å²) in [5, 5.41) is 0. The van der Waals surface area contributed by atoms with E-state index in [1.165, 1.54) is 270 Å². The minimum Gasteiger partial charge on any atom is -0.756 e. The summed E-state index contributed by atoms with van der Waals surface area (Å²) in [7, 11) is 1.17. The maximum absolute atomic E-state index is 12.9. The zero-order valence-electron chi connectivity index (χ0n) is 69.0. The lowest BCUT2D eigenvalue weighted by Gasteiger charge is -2.28. The van der Waals surface area contributed by atoms with Gasteiger partial charge in [0.1, 0.15) is 19.8 Å². The summed E-state index contributed by atoms with van der Waals surface area (Å²) in [5.74, 6) is -0.826. The Hall–Kier alpha value is -3.59. The first-order valence-corrected chi connectivity index (χ1v) is 45.7. The molecule has 2 unspecified atom stereocenters. The fourth-order valence-electron chi connectivity index (χ4n) is 12.8. The molecule has 0 bridgehead atoms. The maximum Gasteiger partial charge on any atom is 0.306 e. The Morgan fingerprint density at radius 1 is 0.308 bits per heavy atom. The molecule has 0 heterocycles. The van der Waals surface area contributed by atoms with Crippen molar-refractivity contribution in [2.45, 2.75) is 418 Å². The molecule has 0 amide bonds. The first-order chi connectivity index (χ1) is 51.0. The molecule has 0 saturated carbocycles. The van der Waals surface area contributed by atoms with E-state index in [0.29, 0.717) is 17.4 Å². The van der Waals surface area contributed by atoms with Gasteiger partial charge in [-0.2, -0.15) is 0 Å². The molecule has 0 fully saturated rings. The quantitative estimate of drug-likeness (QED) is 0.0195. The largest absolute Gasteiger partial charge is 0.756 e. The molecule has 9 nitrogen and oxygen atoms in total. The van der Waals surface area contributed by atoms with Crippen LogP contribution in [0.1, 0.15) is 412 Å². The second-order valence-electron chi connectivity index (χ2n) is 30.9. The van der Waals surface area contributed by atoms with Crippen LogP contribution in [-0.2, 0) is 32.7 Å². The Kier molecular flexibility index (Phi) is 80.6. The Labute approximate surface area is 645 Å². The monoisotopic (exact) mass is 1470 g/mol. The molecular weight excluding hydrogens is 1300 g/mol. The first-order valence-electron chi connectivity index (χ1n) is 44.2. The minimum absolute atomic E-state index is 0.0345. The number of quaternary nitrogens is 1. The average Bonchev–Trinajstić information content (AvgIpc) is 0.920. The number of ether oxygens (including phenoxy) is 2. The number of nitrogens with zero attached hydrogens (tertiary/aromatic N) is 1. The van der Waals surface area contributed by atoms with Gasteiger partial charge in [0.05, 0.1) is 27.7 Å². The van der Waals surface area contributed by atoms with Gasteiger partial charge in [-0.15, -0.1) is 0 Å². The summed E-state index contributed by atoms with van der Waals surface area (Å²) in [6.45, 7) is 4.17. The Morgan fingerprint density at radius 2 is 0.548 bits per heavy atom. The molecule has 0 saturated heterocycles. The number of phosphoric acid groups is 1. The number of carbonyl (C=O) groups excluding carboxylic acids is 2. The predicted octanol–water partition coefficient (Wildman–Crippen LogP) is 29.4. The number of allylic oxidation sites excluding steroid dienone is 20. The average molecular weight is 1470 g/mol. The Bertz CT molecular complexity index is 2180. The van der Waals surface area contributed by atoms with Crippen LogP contribution in [0.5, 0.6) is 0 Å². The molecule has 0 N–H and O–H groups in total. The van der Waals surface area contributed by atoms with E-state index in [1.54, 1.807) is 0 Å². The van der Waals surface area contributed by atoms with Gasteiger partial charge in [-0.1, -0.05) is 431 Å². The van der Waals surface area contributed by atoms with Gasteiger partial charge in [-0.3, -0.25) is 14.2 Å². The smallest absolute Gasteiger partial charge is 0.306 e. The summed E-state index contributed by atoms with van der Waals surface area (Å²) in [5.41, 5.74) is 0. The lowest BCUT2D eigenvalue weighted by Crippen LogP contribution is -2.37. The molecule has 0 rings (SSSR count). The summed E-state index contributed by atoms with van der Waals surface area (Å²) in [6, 6.07) is 0. The normalized spacial score (nSPS) is 13.6. The zero-order chi connectivity index (χ0) is 75.4. The van der Waals surface area contributed by atoms with Crippen molar-refractivity contribution in [1.82, 2.24) is 0 Å². The lowest BCUT2D eigenvalue weighted by molar-refractivity contribution is -0.870. The molecule has 0 aliphatic carbocycles. The molecule has 0 aliphatic heterocycles. The van der Waals surface area contributed by atoms with Crippen LogP contribution in [-0.4, -0.2) is 70.0 Å². The number of hydrogen-bond donors (Lipinski definition) is 0. The molecule has 0 aromatic heterocycles. The van der Waals surface area contributed by atoms with E-state index in [2.05, 4.69) is 135 Å². The minimum atomic E-state index is -4.65. The highest BCUT2D eigenvalue weighted by molar-refractivity contribution is 7.45. The van der Waals surface area contributed by atoms with E-state index in [0.717, 1.165) is 109 Å². The SMILES string of the molecule is CC/C=C\C/C=C\C/C=C\C/C=C\C/C=C\C/C=C\C/C=C\C/C=C\C/C=C\C/C=C\CCCCCCCCCCCCC(=O)OC(COC(=O)CCCCCCCCCCCCCCCCCCCCCCCCCCCCCCCCCCCCCCCCC)COP(=O)([O-])OCC[N+](C)(C)C. The van der Waals surface area contributed by atoms with Crippen LogP contribution in [0.15, 0.2) is 122 Å². The second kappa shape index (κ2) is 83.4. The van der Waals surface area contributed by atoms with Gasteiger partial charge in [0.2, 0.25) is 0 Å². The number of unbranched alkanes of at least 4 members (excludes halogenated alkanes) is 48. The fourth-order valence-corrected chi connectivity index (χ4v) is 13.5. The van der Waals surface area contributed by atoms with Gasteiger partial charge >= 0.3 is 11.9 Å². The third kappa shape index (κ3) is 87.3. The fraction of sp³-hybridized carbons (Fsp3) is 0.766. The van der Waals surface area contributed by atoms with Crippen molar-refractivity contribution < 1.29 is 42.1 Å². The predicted molar refractivity (Wildman–Crippen MR) is 452 cm³/mol. The molecule has 10 heteroatoms. The van der Waals surface area contributed by atoms with E-state index in [-0.39, 0.29) is 32.0 Å². The van der Waals surface area contributed by atoms with Gasteiger partial charge in [0.15, 0.2) is 6.10 Å². The standard InChI is InChI=1S/C94H168NO8P/c1-6-8-10-12-14-16-18-20-22-24-26-28-30-32-34-36-38-40-42-44-46-47-49-51-53-55-57-59-61-63-65-67-69-71-73-75-77-79-81-83-85-87-94(97)103-92(91-102-104(98,99)101-89-88-95(3,4)5)90-100-93(96)86-84-82-80-78-76-74-72-70-68-66-64-62-60-58-56-54-52-50-48-45-43-41-39-37-35-33-31-29-27-25-23-21-19-17-15-13-11-9-7-2/h8,10,14,16,20,22,26,28,32,34,38,40,44,46,49,51,55,57,61,63,92H,6-7,9,11-13,15,17-19,21,23-25,27,29-31,33,35-37,39,41-43,45,47-48,50,52-54,56,58-60,62,64-91H2,1-5H3/b10-8-,16-14-,22-20-,28-26-,34-32-,40-38-,46-44-,51-49-,57-55-,63-61-. The van der Waals surface area contributed by atoms with E-state index in [9.17, 15) is 19.0 Å². The van der Waals surface area contributed by atoms with Crippen molar-refractivity contribution in [1.29, 1.82) is 0 Å². The molecule has 0 aliphatic rings. The van der Waals surface area contributed by atoms with Crippen molar-refractivity contribution >= 4 is 19.8 Å². The number of likely N-dealkylation sites (N-methyl/N-ethyl adjacent to an activating group) is 1. The molecule has 0 spiro atoms. The highest BCUT2D eigenvalue weighted by Gasteiger charge is 2.22. The van der Waals surface area contributed by atoms with Crippen molar-refractivity contribution in [2.75, 3.05) is 47.5 Å². The number of phosphoric ester groups is 1. The lowest BCUT2D eigenvalue weighted by atomic mass is 10.0. The number of rotatable bonds is 82. The topological polar surface area (TPSA) is 111 Å². The van der Waals surface area contributed by atoms with Crippen LogP contribution in [0.25, 0.3) is 0 Å². The van der Waals surface area contributed by atoms with Gasteiger partial charge in [0.25, 0.3) is 7.82 Å². The molecule has 0 aromatic carbocycles. The first kappa shape index (κ1) is 100. The summed E-state index contributed by atoms with van der Waals surface area (Å²) in [4.78, 5) is 38.3. The van der Waals surface area contributed by atoms with Crippen LogP contribution in [0, 0.1) is 0 Å². The van der Waals surface area contributed by atoms with Crippen LogP contribution in [0.4, 0.5) is 0 Å². The molecule has 2 atom stereocenters. The van der Waals surface area contributed by atoms with Crippen molar-refractivity contribution in [3.8, 4) is 0 Å². The highest BCUT2D eigenvalue weighted by atomic mass is 31.2. The highest BCUT2D eigenvalue weighted by Crippen LogP contribution is 2.38. The van der Waals surface area contributed by atoms with Crippen LogP contribution in [0.3, 0.4) is 0 Å². The number of esters is 2. The summed E-state index contributed by atoms with van der Waals surface area (Å²) < 4.78 is 34.5. The third-order valence-electron chi connectivity index (χ3n) is 19.5. The maximum atomic E-state index is 12.9. The number of carbonyl (C=O) groups is 2. The van der Waals surface area contributed by atoms with Crippen LogP contribution in [0.2, 0.25) is 0 Å². The molecule has 104 heavy (non-hydrogen) atoms. The molecule has 0 radical (unpaired) electrons. The van der Waals surface area contributed by atoms with E-state index < -0.39 is 26.5 Å². The molecular formula is C94H168NO8P. The van der Waals surface area contributed by atoms with E-state index in [4.69, 9.17) is 18.5 Å². The van der Waals surface area contributed by atoms with Gasteiger partial charge in [-0.25, -0.2) is 0 Å². The van der Waals surface area contributed by atoms with Crippen LogP contribution < -0.4 is 4.89 Å². The van der Waals surface area contributed by atoms with Crippen LogP contribution >= 0.6 is 7.82 Å². The van der Waals surface area contributed by atoms with Gasteiger partial charge in [-0.05, 0) is 89.9 Å². The van der Waals surface area contributed by atoms with E-state index >= 15 is 0 Å². The van der Waals surface area contributed by atoms with Gasteiger partial charge < -0.3 is 27.9 Å². The van der Waals surface area contributed by atoms with Gasteiger partial charge in [0, 0.05) is 12.8 Å². The summed E-state index contributed by atoms with van der Waals surface area (Å²) >= 11 is 0. The van der Waals surface area contributed by atoms with Crippen molar-refractivity contribution in [2.24, 2.45) is 0 Å². The third-order valence-corrected chi connectivity index (χ3v) is 20.5. The van der Waals surface area contributed by atoms with Crippen molar-refractivity contribution in [3.05, 3.63) is 122 Å². The Morgan fingerprint density at radius 3 is 0.817 bits per heavy atom. The molecule has 0 aromatic rings. The Balaban J connectivity index is 3.94. The van der Waals surface area contributed by atoms with E-state index in [1.807, 2.05) is 21.1 Å². The van der Waals surface area contributed by atoms with Crippen molar-refractivity contribution in [3.63, 3.8) is 0 Å². The number of hydrogen-bond acceptors (Lipinski definition) is 8. The molecule has 602 valence electrons. The second-order valence-corrected chi connectivity index (χ2v) is 32.3. The zero-order valence-corrected chi connectivity index (χ0v) is 69.8. The summed E-state index contributed by atoms with van der Waals surface area (Å²) in [6.07, 6.45) is 121.